The molecule has 0 bridgehead atoms. The minimum absolute atomic E-state index is 0.131. The van der Waals surface area contributed by atoms with E-state index < -0.39 is 12.5 Å². The van der Waals surface area contributed by atoms with Crippen LogP contribution in [0, 0.1) is 0 Å². The summed E-state index contributed by atoms with van der Waals surface area (Å²) >= 11 is 0. The van der Waals surface area contributed by atoms with Gasteiger partial charge < -0.3 is 10.5 Å². The monoisotopic (exact) mass is 125 g/mol. The molecule has 0 spiro atoms. The molecule has 0 aliphatic carbocycles. The molecule has 0 heterocycles. The molecule has 2 nitrogen and oxygen atoms in total. The van der Waals surface area contributed by atoms with Crippen LogP contribution in [-0.2, 0) is 4.74 Å². The van der Waals surface area contributed by atoms with Crippen LogP contribution in [0.15, 0.2) is 0 Å². The highest BCUT2D eigenvalue weighted by molar-refractivity contribution is 4.58. The van der Waals surface area contributed by atoms with E-state index in [9.17, 15) is 8.78 Å². The Morgan fingerprint density at radius 1 is 1.62 bits per heavy atom. The zero-order valence-electron chi connectivity index (χ0n) is 4.60. The number of nitrogens with two attached hydrogens (primary N) is 1. The van der Waals surface area contributed by atoms with Gasteiger partial charge in [0.15, 0.2) is 0 Å². The van der Waals surface area contributed by atoms with Crippen LogP contribution >= 0.6 is 0 Å². The lowest BCUT2D eigenvalue weighted by Crippen LogP contribution is -2.29. The van der Waals surface area contributed by atoms with Crippen molar-refractivity contribution in [2.24, 2.45) is 5.73 Å². The van der Waals surface area contributed by atoms with Crippen molar-refractivity contribution in [3.63, 3.8) is 0 Å². The van der Waals surface area contributed by atoms with Gasteiger partial charge >= 0.3 is 0 Å². The van der Waals surface area contributed by atoms with E-state index in [2.05, 4.69) is 4.74 Å². The van der Waals surface area contributed by atoms with Crippen LogP contribution < -0.4 is 5.73 Å². The van der Waals surface area contributed by atoms with Crippen LogP contribution in [0.2, 0.25) is 0 Å². The molecule has 0 aromatic heterocycles. The molecule has 0 saturated carbocycles. The number of ether oxygens (including phenoxy) is 1. The molecule has 0 aromatic carbocycles. The summed E-state index contributed by atoms with van der Waals surface area (Å²) in [7, 11) is 1.21. The van der Waals surface area contributed by atoms with Crippen molar-refractivity contribution in [1.82, 2.24) is 0 Å². The van der Waals surface area contributed by atoms with Crippen LogP contribution in [0.4, 0.5) is 8.78 Å². The van der Waals surface area contributed by atoms with E-state index in [4.69, 9.17) is 5.73 Å². The van der Waals surface area contributed by atoms with E-state index in [1.165, 1.54) is 7.11 Å². The molecule has 0 rings (SSSR count). The van der Waals surface area contributed by atoms with Crippen LogP contribution in [0.1, 0.15) is 0 Å². The molecule has 50 valence electrons. The molecular formula is C4H9F2NO. The van der Waals surface area contributed by atoms with Gasteiger partial charge in [0.2, 0.25) is 0 Å². The molecule has 0 aliphatic rings. The fraction of sp³-hybridized carbons (Fsp3) is 1.00. The minimum Gasteiger partial charge on any atom is -0.374 e. The maximum absolute atomic E-state index is 11.5. The maximum Gasteiger partial charge on any atom is 0.265 e. The quantitative estimate of drug-likeness (QED) is 0.585. The van der Waals surface area contributed by atoms with Crippen molar-refractivity contribution in [1.29, 1.82) is 0 Å². The lowest BCUT2D eigenvalue weighted by molar-refractivity contribution is -0.0265. The largest absolute Gasteiger partial charge is 0.374 e. The van der Waals surface area contributed by atoms with Crippen LogP contribution in [0.5, 0.6) is 0 Å². The predicted molar refractivity (Wildman–Crippen MR) is 25.9 cm³/mol. The van der Waals surface area contributed by atoms with Crippen molar-refractivity contribution in [2.75, 3.05) is 13.7 Å². The minimum atomic E-state index is -2.47. The topological polar surface area (TPSA) is 35.2 Å². The Labute approximate surface area is 46.6 Å². The van der Waals surface area contributed by atoms with Crippen molar-refractivity contribution < 1.29 is 13.5 Å². The molecule has 0 amide bonds. The van der Waals surface area contributed by atoms with E-state index in [0.717, 1.165) is 0 Å². The highest BCUT2D eigenvalue weighted by Gasteiger charge is 2.16. The Balaban J connectivity index is 3.35. The van der Waals surface area contributed by atoms with Gasteiger partial charge in [0.1, 0.15) is 6.10 Å². The van der Waals surface area contributed by atoms with E-state index >= 15 is 0 Å². The van der Waals surface area contributed by atoms with Gasteiger partial charge in [-0.2, -0.15) is 0 Å². The number of methoxy groups -OCH3 is 1. The number of halogens is 2. The van der Waals surface area contributed by atoms with Crippen LogP contribution in [-0.4, -0.2) is 26.2 Å². The average molecular weight is 125 g/mol. The first-order valence-corrected chi connectivity index (χ1v) is 2.23. The maximum atomic E-state index is 11.5. The van der Waals surface area contributed by atoms with Crippen LogP contribution in [0.3, 0.4) is 0 Å². The summed E-state index contributed by atoms with van der Waals surface area (Å²) in [4.78, 5) is 0. The van der Waals surface area contributed by atoms with Crippen molar-refractivity contribution in [3.05, 3.63) is 0 Å². The third-order valence-corrected chi connectivity index (χ3v) is 0.816. The van der Waals surface area contributed by atoms with Crippen molar-refractivity contribution in [2.45, 2.75) is 12.5 Å². The van der Waals surface area contributed by atoms with Gasteiger partial charge in [-0.1, -0.05) is 0 Å². The Kier molecular flexibility index (Phi) is 3.64. The molecule has 8 heavy (non-hydrogen) atoms. The summed E-state index contributed by atoms with van der Waals surface area (Å²) in [5, 5.41) is 0. The summed E-state index contributed by atoms with van der Waals surface area (Å²) in [6.07, 6.45) is -3.57. The Hall–Kier alpha value is -0.220. The number of hydrogen-bond acceptors (Lipinski definition) is 2. The highest BCUT2D eigenvalue weighted by atomic mass is 19.3. The average Bonchev–Trinajstić information content (AvgIpc) is 1.69. The first-order valence-electron chi connectivity index (χ1n) is 2.23. The zero-order chi connectivity index (χ0) is 6.57. The Morgan fingerprint density at radius 3 is 2.12 bits per heavy atom. The lowest BCUT2D eigenvalue weighted by atomic mass is 10.4. The molecule has 2 N–H and O–H groups in total. The molecule has 0 aliphatic heterocycles. The SMILES string of the molecule is CO[C@H](CN)C(F)F. The Morgan fingerprint density at radius 2 is 2.12 bits per heavy atom. The third-order valence-electron chi connectivity index (χ3n) is 0.816. The van der Waals surface area contributed by atoms with Gasteiger partial charge in [-0.25, -0.2) is 8.78 Å². The molecule has 4 heteroatoms. The first kappa shape index (κ1) is 7.78. The van der Waals surface area contributed by atoms with Gasteiger partial charge in [-0.15, -0.1) is 0 Å². The fourth-order valence-electron chi connectivity index (χ4n) is 0.302. The second kappa shape index (κ2) is 3.74. The van der Waals surface area contributed by atoms with E-state index in [0.29, 0.717) is 0 Å². The normalized spacial score (nSPS) is 14.6. The van der Waals surface area contributed by atoms with Gasteiger partial charge in [-0.05, 0) is 0 Å². The summed E-state index contributed by atoms with van der Waals surface area (Å²) in [5.41, 5.74) is 4.88. The zero-order valence-corrected chi connectivity index (χ0v) is 4.60. The lowest BCUT2D eigenvalue weighted by Gasteiger charge is -2.09. The summed E-state index contributed by atoms with van der Waals surface area (Å²) < 4.78 is 27.3. The van der Waals surface area contributed by atoms with Gasteiger partial charge in [-0.3, -0.25) is 0 Å². The molecular weight excluding hydrogens is 116 g/mol. The van der Waals surface area contributed by atoms with Crippen molar-refractivity contribution in [3.8, 4) is 0 Å². The fourth-order valence-corrected chi connectivity index (χ4v) is 0.302. The third kappa shape index (κ3) is 2.18. The van der Waals surface area contributed by atoms with E-state index in [-0.39, 0.29) is 6.54 Å². The predicted octanol–water partition coefficient (Wildman–Crippen LogP) is 0.225. The van der Waals surface area contributed by atoms with Gasteiger partial charge in [0.05, 0.1) is 0 Å². The smallest absolute Gasteiger partial charge is 0.265 e. The summed E-state index contributed by atoms with van der Waals surface area (Å²) in [6, 6.07) is 0. The summed E-state index contributed by atoms with van der Waals surface area (Å²) in [6.45, 7) is -0.131. The number of alkyl halides is 2. The van der Waals surface area contributed by atoms with E-state index in [1.807, 2.05) is 0 Å². The second-order valence-electron chi connectivity index (χ2n) is 1.34. The number of hydrogen-bond donors (Lipinski definition) is 1. The van der Waals surface area contributed by atoms with Crippen molar-refractivity contribution >= 4 is 0 Å². The molecule has 0 aromatic rings. The van der Waals surface area contributed by atoms with Crippen LogP contribution in [0.25, 0.3) is 0 Å². The molecule has 1 atom stereocenters. The van der Waals surface area contributed by atoms with Gasteiger partial charge in [0.25, 0.3) is 6.43 Å². The highest BCUT2D eigenvalue weighted by Crippen LogP contribution is 2.01. The molecule has 0 saturated heterocycles. The van der Waals surface area contributed by atoms with E-state index in [1.54, 1.807) is 0 Å². The molecule has 0 radical (unpaired) electrons. The number of rotatable bonds is 3. The second-order valence-corrected chi connectivity index (χ2v) is 1.34. The Bertz CT molecular complexity index is 56.0. The molecule has 0 unspecified atom stereocenters. The van der Waals surface area contributed by atoms with Gasteiger partial charge in [0, 0.05) is 13.7 Å². The molecule has 0 fully saturated rings. The standard InChI is InChI=1S/C4H9F2NO/c1-8-3(2-7)4(5)6/h3-4H,2,7H2,1H3/t3-/m1/s1. The first-order chi connectivity index (χ1) is 3.72. The summed E-state index contributed by atoms with van der Waals surface area (Å²) in [5.74, 6) is 0.